The molecule has 43 heavy (non-hydrogen) atoms. The van der Waals surface area contributed by atoms with E-state index in [1.165, 1.54) is 37.1 Å². The lowest BCUT2D eigenvalue weighted by molar-refractivity contribution is 0.0166. The second-order valence-electron chi connectivity index (χ2n) is 9.73. The number of halogens is 2. The van der Waals surface area contributed by atoms with Gasteiger partial charge in [-0.25, -0.2) is 13.8 Å². The topological polar surface area (TPSA) is 53.7 Å². The van der Waals surface area contributed by atoms with Crippen molar-refractivity contribution in [2.45, 2.75) is 59.8 Å². The Morgan fingerprint density at radius 2 is 1.49 bits per heavy atom. The lowest BCUT2D eigenvalue weighted by atomic mass is 10.0. The normalized spacial score (nSPS) is 12.1. The highest BCUT2D eigenvalue weighted by Gasteiger charge is 2.26. The predicted octanol–water partition coefficient (Wildman–Crippen LogP) is 10.1. The van der Waals surface area contributed by atoms with Crippen molar-refractivity contribution in [2.75, 3.05) is 25.5 Å². The Morgan fingerprint density at radius 3 is 2.00 bits per heavy atom. The van der Waals surface area contributed by atoms with Gasteiger partial charge in [0.05, 0.1) is 5.69 Å². The molecule has 0 amide bonds. The van der Waals surface area contributed by atoms with Gasteiger partial charge in [0, 0.05) is 37.0 Å². The predicted molar refractivity (Wildman–Crippen MR) is 187 cm³/mol. The van der Waals surface area contributed by atoms with Crippen LogP contribution in [0.3, 0.4) is 0 Å². The fraction of sp³-hybridized carbons (Fsp3) is 0.324. The number of aryl methyl sites for hydroxylation is 3. The van der Waals surface area contributed by atoms with Crippen LogP contribution in [-0.2, 0) is 12.3 Å². The van der Waals surface area contributed by atoms with Crippen LogP contribution in [0.1, 0.15) is 61.4 Å². The lowest BCUT2D eigenvalue weighted by Crippen LogP contribution is -2.16. The van der Waals surface area contributed by atoms with Crippen molar-refractivity contribution in [3.63, 3.8) is 0 Å². The molecule has 0 spiro atoms. The van der Waals surface area contributed by atoms with Crippen molar-refractivity contribution < 1.29 is 8.78 Å². The van der Waals surface area contributed by atoms with E-state index in [4.69, 9.17) is 4.99 Å². The van der Waals surface area contributed by atoms with Crippen molar-refractivity contribution in [1.82, 2.24) is 4.90 Å². The molecule has 6 heteroatoms. The molecule has 1 aliphatic rings. The van der Waals surface area contributed by atoms with Gasteiger partial charge in [-0.2, -0.15) is 0 Å². The molecule has 4 rings (SSSR count). The van der Waals surface area contributed by atoms with Crippen LogP contribution in [0.5, 0.6) is 0 Å². The van der Waals surface area contributed by atoms with Gasteiger partial charge in [0.15, 0.2) is 0 Å². The van der Waals surface area contributed by atoms with Crippen LogP contribution in [-0.4, -0.2) is 30.9 Å². The van der Waals surface area contributed by atoms with E-state index < -0.39 is 5.92 Å². The Balaban J connectivity index is 0.000000823. The Kier molecular flexibility index (Phi) is 18.8. The molecule has 1 heterocycles. The highest BCUT2D eigenvalue weighted by Crippen LogP contribution is 2.30. The van der Waals surface area contributed by atoms with Crippen molar-refractivity contribution in [3.8, 4) is 0 Å². The summed E-state index contributed by atoms with van der Waals surface area (Å²) in [4.78, 5) is 7.16. The van der Waals surface area contributed by atoms with Gasteiger partial charge in [-0.3, -0.25) is 0 Å². The van der Waals surface area contributed by atoms with E-state index in [2.05, 4.69) is 105 Å². The molecule has 3 aromatic rings. The smallest absolute Gasteiger partial charge is 0.270 e. The molecular formula is C37H52F2N4. The third kappa shape index (κ3) is 13.2. The summed E-state index contributed by atoms with van der Waals surface area (Å²) in [6, 6.07) is 21.4. The first-order valence-electron chi connectivity index (χ1n) is 14.6. The fourth-order valence-corrected chi connectivity index (χ4v) is 4.39. The summed E-state index contributed by atoms with van der Waals surface area (Å²) in [5, 5.41) is 3.37. The third-order valence-electron chi connectivity index (χ3n) is 6.57. The van der Waals surface area contributed by atoms with Gasteiger partial charge in [0.25, 0.3) is 5.92 Å². The number of likely N-dealkylation sites (tertiary alicyclic amines) is 1. The van der Waals surface area contributed by atoms with Crippen LogP contribution in [0.25, 0.3) is 5.70 Å². The number of rotatable bonds is 6. The van der Waals surface area contributed by atoms with E-state index in [-0.39, 0.29) is 5.56 Å². The quantitative estimate of drug-likeness (QED) is 0.171. The van der Waals surface area contributed by atoms with Crippen molar-refractivity contribution >= 4 is 22.9 Å². The maximum Gasteiger partial charge on any atom is 0.270 e. The Bertz CT molecular complexity index is 1250. The third-order valence-corrected chi connectivity index (χ3v) is 6.57. The zero-order valence-electron chi connectivity index (χ0n) is 27.1. The fourth-order valence-electron chi connectivity index (χ4n) is 4.39. The number of benzene rings is 3. The summed E-state index contributed by atoms with van der Waals surface area (Å²) in [5.41, 5.74) is 12.1. The number of amidine groups is 1. The second-order valence-corrected chi connectivity index (χ2v) is 9.73. The summed E-state index contributed by atoms with van der Waals surface area (Å²) in [6.07, 6.45) is 3.17. The molecule has 1 aliphatic heterocycles. The van der Waals surface area contributed by atoms with Gasteiger partial charge in [-0.05, 0) is 82.0 Å². The molecule has 0 aliphatic carbocycles. The van der Waals surface area contributed by atoms with E-state index in [1.807, 2.05) is 13.8 Å². The van der Waals surface area contributed by atoms with Gasteiger partial charge in [-0.1, -0.05) is 67.6 Å². The van der Waals surface area contributed by atoms with Crippen LogP contribution < -0.4 is 11.1 Å². The molecular weight excluding hydrogens is 538 g/mol. The maximum atomic E-state index is 12.9. The minimum absolute atomic E-state index is 0.146. The largest absolute Gasteiger partial charge is 0.372 e. The summed E-state index contributed by atoms with van der Waals surface area (Å²) in [7, 11) is 1.50. The zero-order valence-corrected chi connectivity index (χ0v) is 27.1. The Hall–Kier alpha value is -4.03. The van der Waals surface area contributed by atoms with Crippen LogP contribution >= 0.6 is 0 Å². The van der Waals surface area contributed by atoms with Gasteiger partial charge >= 0.3 is 0 Å². The molecule has 0 bridgehead atoms. The van der Waals surface area contributed by atoms with Crippen LogP contribution in [0.4, 0.5) is 20.2 Å². The minimum atomic E-state index is -2.72. The molecule has 0 unspecified atom stereocenters. The van der Waals surface area contributed by atoms with Crippen molar-refractivity contribution in [1.29, 1.82) is 0 Å². The van der Waals surface area contributed by atoms with E-state index >= 15 is 0 Å². The Morgan fingerprint density at radius 1 is 0.930 bits per heavy atom. The van der Waals surface area contributed by atoms with Crippen LogP contribution in [0.15, 0.2) is 105 Å². The molecule has 1 fully saturated rings. The number of aliphatic imine (C=N–C) groups is 1. The average molecular weight is 591 g/mol. The summed E-state index contributed by atoms with van der Waals surface area (Å²) in [6.45, 7) is 27.5. The molecule has 0 aromatic heterocycles. The second kappa shape index (κ2) is 20.8. The van der Waals surface area contributed by atoms with Crippen molar-refractivity contribution in [2.24, 2.45) is 10.7 Å². The monoisotopic (exact) mass is 590 g/mol. The Labute approximate surface area is 259 Å². The van der Waals surface area contributed by atoms with E-state index in [9.17, 15) is 8.78 Å². The molecule has 0 radical (unpaired) electrons. The summed E-state index contributed by atoms with van der Waals surface area (Å²) in [5.74, 6) is -1.83. The number of nitrogens with zero attached hydrogens (tertiary/aromatic N) is 2. The number of anilines is 1. The number of hydrogen-bond acceptors (Lipinski definition) is 3. The van der Waals surface area contributed by atoms with Gasteiger partial charge < -0.3 is 16.0 Å². The summed E-state index contributed by atoms with van der Waals surface area (Å²) < 4.78 is 25.8. The molecule has 0 atom stereocenters. The van der Waals surface area contributed by atoms with Gasteiger partial charge in [-0.15, -0.1) is 26.3 Å². The molecule has 4 nitrogen and oxygen atoms in total. The molecule has 3 N–H and O–H groups in total. The number of alkyl halides is 2. The molecule has 234 valence electrons. The average Bonchev–Trinajstić information content (AvgIpc) is 3.57. The standard InChI is InChI=1S/C22H27N3.C10H12F2.2C2H4.CH5N/c1-16-7-11-21(12-8-16)23-19(4)24-22-15-20(10-9-17(22)2)18(3)25-13-5-6-14-25;1-3-8-6-4-5-7-9(8)10(2,11)12;3*1-2/h7-12,15H,3,5-6,13-14H2,1-2,4H3,(H,23,24);4-7H,3H2,1-2H3;2*1-2H2;2H2,1H3. The minimum Gasteiger partial charge on any atom is -0.372 e. The van der Waals surface area contributed by atoms with Gasteiger partial charge in [0.2, 0.25) is 0 Å². The van der Waals surface area contributed by atoms with Crippen molar-refractivity contribution in [3.05, 3.63) is 127 Å². The molecule has 3 aromatic carbocycles. The first kappa shape index (κ1) is 39.0. The van der Waals surface area contributed by atoms with Gasteiger partial charge in [0.1, 0.15) is 5.84 Å². The maximum absolute atomic E-state index is 12.9. The summed E-state index contributed by atoms with van der Waals surface area (Å²) >= 11 is 0. The lowest BCUT2D eigenvalue weighted by Gasteiger charge is -2.21. The van der Waals surface area contributed by atoms with E-state index in [0.717, 1.165) is 54.0 Å². The van der Waals surface area contributed by atoms with E-state index in [0.29, 0.717) is 6.42 Å². The first-order chi connectivity index (χ1) is 20.6. The number of nitrogens with one attached hydrogen (secondary N) is 1. The number of nitrogens with two attached hydrogens (primary N) is 1. The first-order valence-corrected chi connectivity index (χ1v) is 14.6. The van der Waals surface area contributed by atoms with Crippen LogP contribution in [0, 0.1) is 13.8 Å². The van der Waals surface area contributed by atoms with E-state index in [1.54, 1.807) is 18.2 Å². The molecule has 1 saturated heterocycles. The zero-order chi connectivity index (χ0) is 33.0. The number of hydrogen-bond donors (Lipinski definition) is 2. The highest BCUT2D eigenvalue weighted by atomic mass is 19.3. The molecule has 0 saturated carbocycles. The highest BCUT2D eigenvalue weighted by molar-refractivity contribution is 5.95. The van der Waals surface area contributed by atoms with Crippen LogP contribution in [0.2, 0.25) is 0 Å². The SMILES string of the molecule is C=C.C=C.C=C(c1ccc(C)c(N=C(C)Nc2ccc(C)cc2)c1)N1CCCC1.CCc1ccccc1C(C)(F)F.CN.